The van der Waals surface area contributed by atoms with E-state index < -0.39 is 4.92 Å². The molecule has 0 aliphatic heterocycles. The van der Waals surface area contributed by atoms with Gasteiger partial charge in [0.25, 0.3) is 0 Å². The van der Waals surface area contributed by atoms with Gasteiger partial charge in [-0.25, -0.2) is 14.4 Å². The molecule has 1 heterocycles. The minimum atomic E-state index is -0.553. The predicted molar refractivity (Wildman–Crippen MR) is 119 cm³/mol. The Morgan fingerprint density at radius 2 is 1.53 bits per heavy atom. The molecule has 0 radical (unpaired) electrons. The minimum Gasteiger partial charge on any atom is -0.457 e. The maximum Gasteiger partial charge on any atom is 0.353 e. The highest BCUT2D eigenvalue weighted by Gasteiger charge is 2.23. The summed E-state index contributed by atoms with van der Waals surface area (Å²) in [7, 11) is 0. The van der Waals surface area contributed by atoms with E-state index in [9.17, 15) is 14.5 Å². The number of halogens is 1. The molecule has 0 saturated heterocycles. The molecule has 0 spiro atoms. The molecule has 0 amide bonds. The fourth-order valence-electron chi connectivity index (χ4n) is 2.93. The van der Waals surface area contributed by atoms with Gasteiger partial charge >= 0.3 is 5.69 Å². The lowest BCUT2D eigenvalue weighted by atomic mass is 10.2. The second kappa shape index (κ2) is 9.52. The molecule has 0 fully saturated rings. The zero-order valence-corrected chi connectivity index (χ0v) is 16.7. The van der Waals surface area contributed by atoms with E-state index in [1.54, 1.807) is 36.4 Å². The van der Waals surface area contributed by atoms with E-state index in [2.05, 4.69) is 20.6 Å². The number of nitro groups is 1. The largest absolute Gasteiger partial charge is 0.457 e. The van der Waals surface area contributed by atoms with Gasteiger partial charge in [-0.05, 0) is 54.1 Å². The summed E-state index contributed by atoms with van der Waals surface area (Å²) in [5.41, 5.74) is 1.05. The van der Waals surface area contributed by atoms with Crippen molar-refractivity contribution in [3.63, 3.8) is 0 Å². The summed E-state index contributed by atoms with van der Waals surface area (Å²) < 4.78 is 18.8. The fraction of sp³-hybridized carbons (Fsp3) is 0.0435. The third kappa shape index (κ3) is 5.14. The van der Waals surface area contributed by atoms with Crippen LogP contribution in [0.2, 0.25) is 0 Å². The highest BCUT2D eigenvalue weighted by atomic mass is 19.1. The van der Waals surface area contributed by atoms with Crippen molar-refractivity contribution in [3.8, 4) is 11.5 Å². The first-order chi connectivity index (χ1) is 15.6. The molecule has 9 heteroatoms. The van der Waals surface area contributed by atoms with Crippen LogP contribution in [0.4, 0.5) is 27.4 Å². The monoisotopic (exact) mass is 431 g/mol. The van der Waals surface area contributed by atoms with Gasteiger partial charge in [0, 0.05) is 12.2 Å². The molecule has 4 aromatic rings. The molecule has 3 aromatic carbocycles. The maximum absolute atomic E-state index is 13.1. The van der Waals surface area contributed by atoms with Crippen molar-refractivity contribution in [1.82, 2.24) is 9.97 Å². The van der Waals surface area contributed by atoms with Crippen LogP contribution in [0.3, 0.4) is 0 Å². The van der Waals surface area contributed by atoms with E-state index in [1.165, 1.54) is 18.5 Å². The normalized spacial score (nSPS) is 10.4. The average molecular weight is 431 g/mol. The van der Waals surface area contributed by atoms with Gasteiger partial charge in [0.15, 0.2) is 0 Å². The Bertz CT molecular complexity index is 1200. The number of benzene rings is 3. The fourth-order valence-corrected chi connectivity index (χ4v) is 2.93. The van der Waals surface area contributed by atoms with Crippen molar-refractivity contribution in [1.29, 1.82) is 0 Å². The van der Waals surface area contributed by atoms with Gasteiger partial charge in [-0.3, -0.25) is 10.1 Å². The van der Waals surface area contributed by atoms with Gasteiger partial charge in [-0.2, -0.15) is 0 Å². The van der Waals surface area contributed by atoms with Crippen LogP contribution in [-0.2, 0) is 6.54 Å². The molecular weight excluding hydrogens is 413 g/mol. The molecule has 0 unspecified atom stereocenters. The van der Waals surface area contributed by atoms with Crippen molar-refractivity contribution < 1.29 is 14.1 Å². The summed E-state index contributed by atoms with van der Waals surface area (Å²) >= 11 is 0. The van der Waals surface area contributed by atoms with Gasteiger partial charge in [-0.1, -0.05) is 30.3 Å². The summed E-state index contributed by atoms with van der Waals surface area (Å²) in [6.45, 7) is 0.239. The maximum atomic E-state index is 13.1. The van der Waals surface area contributed by atoms with Crippen molar-refractivity contribution in [2.45, 2.75) is 6.54 Å². The van der Waals surface area contributed by atoms with Gasteiger partial charge < -0.3 is 15.4 Å². The predicted octanol–water partition coefficient (Wildman–Crippen LogP) is 5.67. The number of ether oxygens (including phenoxy) is 1. The highest BCUT2D eigenvalue weighted by molar-refractivity contribution is 5.73. The van der Waals surface area contributed by atoms with E-state index in [0.717, 1.165) is 5.56 Å². The zero-order valence-electron chi connectivity index (χ0n) is 16.7. The molecule has 2 N–H and O–H groups in total. The van der Waals surface area contributed by atoms with Crippen LogP contribution in [0.1, 0.15) is 5.56 Å². The van der Waals surface area contributed by atoms with Gasteiger partial charge in [0.2, 0.25) is 11.6 Å². The second-order valence-electron chi connectivity index (χ2n) is 6.72. The molecule has 1 aromatic heterocycles. The summed E-state index contributed by atoms with van der Waals surface area (Å²) in [5.74, 6) is 1.08. The Labute approximate surface area is 182 Å². The molecule has 160 valence electrons. The molecule has 0 atom stereocenters. The lowest BCUT2D eigenvalue weighted by Gasteiger charge is -2.11. The van der Waals surface area contributed by atoms with Crippen LogP contribution in [0, 0.1) is 15.9 Å². The first-order valence-corrected chi connectivity index (χ1v) is 9.66. The quantitative estimate of drug-likeness (QED) is 0.274. The zero-order chi connectivity index (χ0) is 22.3. The Kier molecular flexibility index (Phi) is 6.17. The standard InChI is InChI=1S/C23H18FN5O3/c24-17-8-6-16(7-9-17)14-25-22-21(29(30)31)23(27-15-26-22)28-18-10-12-20(13-11-18)32-19-4-2-1-3-5-19/h1-13,15H,14H2,(H2,25,26,27,28). The number of rotatable bonds is 8. The van der Waals surface area contributed by atoms with Crippen LogP contribution < -0.4 is 15.4 Å². The third-order valence-electron chi connectivity index (χ3n) is 4.47. The number of para-hydroxylation sites is 1. The van der Waals surface area contributed by atoms with Crippen LogP contribution in [0.15, 0.2) is 85.2 Å². The molecule has 32 heavy (non-hydrogen) atoms. The number of nitrogens with one attached hydrogen (secondary N) is 2. The highest BCUT2D eigenvalue weighted by Crippen LogP contribution is 2.32. The number of nitrogens with zero attached hydrogens (tertiary/aromatic N) is 3. The first-order valence-electron chi connectivity index (χ1n) is 9.66. The first kappa shape index (κ1) is 20.7. The van der Waals surface area contributed by atoms with Crippen LogP contribution in [-0.4, -0.2) is 14.9 Å². The summed E-state index contributed by atoms with van der Waals surface area (Å²) in [5, 5.41) is 17.6. The summed E-state index contributed by atoms with van der Waals surface area (Å²) in [4.78, 5) is 19.2. The Morgan fingerprint density at radius 3 is 2.22 bits per heavy atom. The van der Waals surface area contributed by atoms with E-state index in [1.807, 2.05) is 30.3 Å². The molecule has 4 rings (SSSR count). The van der Waals surface area contributed by atoms with E-state index in [-0.39, 0.29) is 29.7 Å². The van der Waals surface area contributed by atoms with Gasteiger partial charge in [0.1, 0.15) is 23.6 Å². The van der Waals surface area contributed by atoms with Crippen molar-refractivity contribution in [2.75, 3.05) is 10.6 Å². The number of hydrogen-bond acceptors (Lipinski definition) is 7. The van der Waals surface area contributed by atoms with Crippen molar-refractivity contribution in [2.24, 2.45) is 0 Å². The Balaban J connectivity index is 1.49. The summed E-state index contributed by atoms with van der Waals surface area (Å²) in [6.07, 6.45) is 1.23. The topological polar surface area (TPSA) is 102 Å². The number of hydrogen-bond donors (Lipinski definition) is 2. The average Bonchev–Trinajstić information content (AvgIpc) is 2.80. The third-order valence-corrected chi connectivity index (χ3v) is 4.47. The van der Waals surface area contributed by atoms with Crippen LogP contribution in [0.5, 0.6) is 11.5 Å². The molecule has 0 saturated carbocycles. The number of anilines is 3. The molecule has 0 aliphatic carbocycles. The smallest absolute Gasteiger partial charge is 0.353 e. The van der Waals surface area contributed by atoms with Gasteiger partial charge in [0.05, 0.1) is 4.92 Å². The van der Waals surface area contributed by atoms with Crippen LogP contribution in [0.25, 0.3) is 0 Å². The Hall–Kier alpha value is -4.53. The Morgan fingerprint density at radius 1 is 0.875 bits per heavy atom. The SMILES string of the molecule is O=[N+]([O-])c1c(NCc2ccc(F)cc2)ncnc1Nc1ccc(Oc2ccccc2)cc1. The van der Waals surface area contributed by atoms with Gasteiger partial charge in [-0.15, -0.1) is 0 Å². The lowest BCUT2D eigenvalue weighted by Crippen LogP contribution is -2.08. The van der Waals surface area contributed by atoms with E-state index in [4.69, 9.17) is 4.74 Å². The molecular formula is C23H18FN5O3. The van der Waals surface area contributed by atoms with Crippen molar-refractivity contribution >= 4 is 23.0 Å². The molecule has 0 bridgehead atoms. The molecule has 8 nitrogen and oxygen atoms in total. The van der Waals surface area contributed by atoms with Crippen molar-refractivity contribution in [3.05, 3.63) is 107 Å². The van der Waals surface area contributed by atoms with E-state index >= 15 is 0 Å². The summed E-state index contributed by atoms with van der Waals surface area (Å²) in [6, 6.07) is 22.1. The van der Waals surface area contributed by atoms with E-state index in [0.29, 0.717) is 17.2 Å². The molecule has 0 aliphatic rings. The lowest BCUT2D eigenvalue weighted by molar-refractivity contribution is -0.383. The second-order valence-corrected chi connectivity index (χ2v) is 6.72. The minimum absolute atomic E-state index is 0.0448. The number of aromatic nitrogens is 2. The van der Waals surface area contributed by atoms with Crippen LogP contribution >= 0.6 is 0 Å².